The molecule has 0 aliphatic heterocycles. The smallest absolute Gasteiger partial charge is 0.304 e. The molecular formula is C16H33NO3. The first-order valence-electron chi connectivity index (χ1n) is 8.27. The summed E-state index contributed by atoms with van der Waals surface area (Å²) in [4.78, 5) is 10.3. The van der Waals surface area contributed by atoms with Gasteiger partial charge in [0.2, 0.25) is 0 Å². The van der Waals surface area contributed by atoms with Gasteiger partial charge in [0.1, 0.15) is 0 Å². The van der Waals surface area contributed by atoms with Crippen LogP contribution in [0.5, 0.6) is 0 Å². The van der Waals surface area contributed by atoms with Gasteiger partial charge in [-0.1, -0.05) is 51.9 Å². The largest absolute Gasteiger partial charge is 0.481 e. The first-order chi connectivity index (χ1) is 9.77. The monoisotopic (exact) mass is 287 g/mol. The lowest BCUT2D eigenvalue weighted by Gasteiger charge is -2.05. The predicted octanol–water partition coefficient (Wildman–Crippen LogP) is 3.60. The number of aliphatic carboxylic acids is 1. The van der Waals surface area contributed by atoms with Crippen LogP contribution in [-0.2, 0) is 9.53 Å². The van der Waals surface area contributed by atoms with Gasteiger partial charge in [0, 0.05) is 19.8 Å². The number of carboxylic acid groups (broad SMARTS) is 1. The standard InChI is InChI=1S/C16H33NO3/c1-2-3-4-5-6-7-8-9-14-20-15-10-12-17-13-11-16(18)19/h17H,2-15H2,1H3,(H,18,19). The van der Waals surface area contributed by atoms with Crippen LogP contribution in [0.2, 0.25) is 0 Å². The van der Waals surface area contributed by atoms with E-state index in [-0.39, 0.29) is 6.42 Å². The number of carbonyl (C=O) groups is 1. The second kappa shape index (κ2) is 16.4. The van der Waals surface area contributed by atoms with Crippen LogP contribution in [0, 0.1) is 0 Å². The van der Waals surface area contributed by atoms with Crippen molar-refractivity contribution in [2.75, 3.05) is 26.3 Å². The van der Waals surface area contributed by atoms with Crippen molar-refractivity contribution in [1.29, 1.82) is 0 Å². The second-order valence-electron chi connectivity index (χ2n) is 5.33. The molecule has 0 saturated heterocycles. The van der Waals surface area contributed by atoms with Gasteiger partial charge in [-0.25, -0.2) is 0 Å². The SMILES string of the molecule is CCCCCCCCCCOCCCNCCC(=O)O. The van der Waals surface area contributed by atoms with E-state index in [0.717, 1.165) is 26.2 Å². The van der Waals surface area contributed by atoms with E-state index in [1.165, 1.54) is 51.4 Å². The maximum Gasteiger partial charge on any atom is 0.304 e. The molecule has 120 valence electrons. The molecule has 0 radical (unpaired) electrons. The van der Waals surface area contributed by atoms with Gasteiger partial charge in [0.15, 0.2) is 0 Å². The zero-order chi connectivity index (χ0) is 14.9. The van der Waals surface area contributed by atoms with Gasteiger partial charge in [-0.3, -0.25) is 4.79 Å². The third-order valence-corrected chi connectivity index (χ3v) is 3.30. The number of carboxylic acids is 1. The lowest BCUT2D eigenvalue weighted by Crippen LogP contribution is -2.20. The summed E-state index contributed by atoms with van der Waals surface area (Å²) < 4.78 is 5.55. The zero-order valence-corrected chi connectivity index (χ0v) is 13.2. The first-order valence-corrected chi connectivity index (χ1v) is 8.27. The van der Waals surface area contributed by atoms with Crippen LogP contribution in [0.1, 0.15) is 71.1 Å². The van der Waals surface area contributed by atoms with Crippen molar-refractivity contribution >= 4 is 5.97 Å². The van der Waals surface area contributed by atoms with Gasteiger partial charge >= 0.3 is 5.97 Å². The molecule has 4 nitrogen and oxygen atoms in total. The highest BCUT2D eigenvalue weighted by Gasteiger charge is 1.95. The summed E-state index contributed by atoms with van der Waals surface area (Å²) in [6.45, 7) is 5.28. The van der Waals surface area contributed by atoms with E-state index in [9.17, 15) is 4.79 Å². The Bertz CT molecular complexity index is 210. The third kappa shape index (κ3) is 17.4. The molecule has 20 heavy (non-hydrogen) atoms. The molecule has 0 rings (SSSR count). The van der Waals surface area contributed by atoms with Gasteiger partial charge in [-0.15, -0.1) is 0 Å². The second-order valence-corrected chi connectivity index (χ2v) is 5.33. The summed E-state index contributed by atoms with van der Waals surface area (Å²) in [5, 5.41) is 11.5. The highest BCUT2D eigenvalue weighted by molar-refractivity contribution is 5.66. The zero-order valence-electron chi connectivity index (χ0n) is 13.2. The van der Waals surface area contributed by atoms with E-state index >= 15 is 0 Å². The molecule has 0 aromatic rings. The number of nitrogens with one attached hydrogen (secondary N) is 1. The Hall–Kier alpha value is -0.610. The predicted molar refractivity (Wildman–Crippen MR) is 83.2 cm³/mol. The minimum absolute atomic E-state index is 0.194. The maximum atomic E-state index is 10.3. The van der Waals surface area contributed by atoms with E-state index in [2.05, 4.69) is 12.2 Å². The minimum Gasteiger partial charge on any atom is -0.481 e. The quantitative estimate of drug-likeness (QED) is 0.426. The van der Waals surface area contributed by atoms with Gasteiger partial charge < -0.3 is 15.2 Å². The number of hydrogen-bond acceptors (Lipinski definition) is 3. The molecule has 0 unspecified atom stereocenters. The van der Waals surface area contributed by atoms with E-state index in [4.69, 9.17) is 9.84 Å². The summed E-state index contributed by atoms with van der Waals surface area (Å²) in [6.07, 6.45) is 11.8. The summed E-state index contributed by atoms with van der Waals surface area (Å²) in [5.74, 6) is -0.747. The number of rotatable bonds is 16. The van der Waals surface area contributed by atoms with Crippen LogP contribution in [0.3, 0.4) is 0 Å². The molecule has 0 aliphatic carbocycles. The Kier molecular flexibility index (Phi) is 15.9. The fraction of sp³-hybridized carbons (Fsp3) is 0.938. The van der Waals surface area contributed by atoms with Crippen LogP contribution in [0.4, 0.5) is 0 Å². The Morgan fingerprint density at radius 2 is 1.50 bits per heavy atom. The molecule has 0 aromatic heterocycles. The summed E-state index contributed by atoms with van der Waals surface area (Å²) in [5.41, 5.74) is 0. The normalized spacial score (nSPS) is 10.8. The van der Waals surface area contributed by atoms with Crippen LogP contribution >= 0.6 is 0 Å². The Morgan fingerprint density at radius 3 is 2.15 bits per heavy atom. The molecule has 2 N–H and O–H groups in total. The Balaban J connectivity index is 2.94. The molecule has 0 amide bonds. The lowest BCUT2D eigenvalue weighted by molar-refractivity contribution is -0.136. The van der Waals surface area contributed by atoms with Gasteiger partial charge in [-0.05, 0) is 19.4 Å². The topological polar surface area (TPSA) is 58.6 Å². The van der Waals surface area contributed by atoms with Crippen LogP contribution in [-0.4, -0.2) is 37.4 Å². The lowest BCUT2D eigenvalue weighted by atomic mass is 10.1. The first kappa shape index (κ1) is 19.4. The Morgan fingerprint density at radius 1 is 0.900 bits per heavy atom. The number of hydrogen-bond donors (Lipinski definition) is 2. The fourth-order valence-corrected chi connectivity index (χ4v) is 2.06. The van der Waals surface area contributed by atoms with E-state index in [0.29, 0.717) is 6.54 Å². The fourth-order valence-electron chi connectivity index (χ4n) is 2.06. The van der Waals surface area contributed by atoms with Crippen molar-refractivity contribution in [3.8, 4) is 0 Å². The molecule has 4 heteroatoms. The van der Waals surface area contributed by atoms with Crippen molar-refractivity contribution in [2.24, 2.45) is 0 Å². The Labute approximate surface area is 124 Å². The number of unbranched alkanes of at least 4 members (excludes halogenated alkanes) is 7. The van der Waals surface area contributed by atoms with Crippen LogP contribution in [0.15, 0.2) is 0 Å². The van der Waals surface area contributed by atoms with Crippen molar-refractivity contribution in [1.82, 2.24) is 5.32 Å². The molecule has 0 aromatic carbocycles. The van der Waals surface area contributed by atoms with Crippen LogP contribution in [0.25, 0.3) is 0 Å². The molecule has 0 spiro atoms. The van der Waals surface area contributed by atoms with Gasteiger partial charge in [-0.2, -0.15) is 0 Å². The van der Waals surface area contributed by atoms with Crippen LogP contribution < -0.4 is 5.32 Å². The highest BCUT2D eigenvalue weighted by Crippen LogP contribution is 2.08. The van der Waals surface area contributed by atoms with E-state index < -0.39 is 5.97 Å². The molecule has 0 atom stereocenters. The van der Waals surface area contributed by atoms with Gasteiger partial charge in [0.05, 0.1) is 6.42 Å². The van der Waals surface area contributed by atoms with Crippen molar-refractivity contribution in [3.63, 3.8) is 0 Å². The molecule has 0 saturated carbocycles. The molecule has 0 aliphatic rings. The average molecular weight is 287 g/mol. The molecular weight excluding hydrogens is 254 g/mol. The summed E-state index contributed by atoms with van der Waals surface area (Å²) in [6, 6.07) is 0. The van der Waals surface area contributed by atoms with E-state index in [1.807, 2.05) is 0 Å². The van der Waals surface area contributed by atoms with Gasteiger partial charge in [0.25, 0.3) is 0 Å². The molecule has 0 bridgehead atoms. The highest BCUT2D eigenvalue weighted by atomic mass is 16.5. The molecule has 0 heterocycles. The van der Waals surface area contributed by atoms with E-state index in [1.54, 1.807) is 0 Å². The molecule has 0 fully saturated rings. The summed E-state index contributed by atoms with van der Waals surface area (Å²) in [7, 11) is 0. The summed E-state index contributed by atoms with van der Waals surface area (Å²) >= 11 is 0. The van der Waals surface area contributed by atoms with Crippen molar-refractivity contribution < 1.29 is 14.6 Å². The number of ether oxygens (including phenoxy) is 1. The minimum atomic E-state index is -0.747. The average Bonchev–Trinajstić information content (AvgIpc) is 2.43. The third-order valence-electron chi connectivity index (χ3n) is 3.30. The van der Waals surface area contributed by atoms with Crippen molar-refractivity contribution in [2.45, 2.75) is 71.1 Å². The maximum absolute atomic E-state index is 10.3. The van der Waals surface area contributed by atoms with Crippen molar-refractivity contribution in [3.05, 3.63) is 0 Å².